The Balaban J connectivity index is 1.54. The first kappa shape index (κ1) is 17.3. The van der Waals surface area contributed by atoms with E-state index in [0.29, 0.717) is 16.9 Å². The van der Waals surface area contributed by atoms with Gasteiger partial charge in [-0.25, -0.2) is 0 Å². The van der Waals surface area contributed by atoms with E-state index in [0.717, 1.165) is 11.3 Å². The Morgan fingerprint density at radius 2 is 1.52 bits per heavy atom. The molecular weight excluding hydrogens is 366 g/mol. The molecule has 0 aliphatic carbocycles. The number of nitrogens with one attached hydrogen (secondary N) is 2. The summed E-state index contributed by atoms with van der Waals surface area (Å²) in [6, 6.07) is 24.1. The molecule has 0 bridgehead atoms. The van der Waals surface area contributed by atoms with Crippen LogP contribution in [0.15, 0.2) is 78.9 Å². The Morgan fingerprint density at radius 3 is 2.34 bits per heavy atom. The van der Waals surface area contributed by atoms with Crippen LogP contribution in [0.25, 0.3) is 0 Å². The van der Waals surface area contributed by atoms with Gasteiger partial charge in [0.2, 0.25) is 5.66 Å². The highest BCUT2D eigenvalue weighted by Crippen LogP contribution is 2.45. The molecule has 2 aliphatic rings. The van der Waals surface area contributed by atoms with Crippen molar-refractivity contribution in [3.63, 3.8) is 0 Å². The molecule has 3 aromatic carbocycles. The third-order valence-corrected chi connectivity index (χ3v) is 5.34. The number of carbonyl (C=O) groups is 2. The van der Waals surface area contributed by atoms with Crippen molar-refractivity contribution in [3.8, 4) is 5.75 Å². The second-order valence-corrected chi connectivity index (χ2v) is 7.00. The summed E-state index contributed by atoms with van der Waals surface area (Å²) in [6.45, 7) is 0.508. The van der Waals surface area contributed by atoms with E-state index in [1.165, 1.54) is 0 Å². The summed E-state index contributed by atoms with van der Waals surface area (Å²) in [5.41, 5.74) is 1.31. The summed E-state index contributed by atoms with van der Waals surface area (Å²) >= 11 is 0. The van der Waals surface area contributed by atoms with Gasteiger partial charge in [-0.1, -0.05) is 48.5 Å². The zero-order chi connectivity index (χ0) is 19.8. The van der Waals surface area contributed by atoms with Crippen molar-refractivity contribution < 1.29 is 14.3 Å². The molecule has 29 heavy (non-hydrogen) atoms. The fraction of sp³-hybridized carbons (Fsp3) is 0.130. The van der Waals surface area contributed by atoms with Crippen LogP contribution >= 0.6 is 0 Å². The highest BCUT2D eigenvalue weighted by Gasteiger charge is 2.56. The number of anilines is 2. The monoisotopic (exact) mass is 385 g/mol. The molecule has 0 unspecified atom stereocenters. The molecule has 2 aliphatic heterocycles. The maximum atomic E-state index is 13.4. The number of para-hydroxylation sites is 3. The first-order chi connectivity index (χ1) is 14.2. The number of fused-ring (bicyclic) bond motifs is 3. The number of ether oxygens (including phenoxy) is 1. The molecule has 2 N–H and O–H groups in total. The summed E-state index contributed by atoms with van der Waals surface area (Å²) in [5, 5.41) is 6.26. The smallest absolute Gasteiger partial charge is 0.276 e. The third-order valence-electron chi connectivity index (χ3n) is 5.34. The maximum absolute atomic E-state index is 13.4. The van der Waals surface area contributed by atoms with Crippen molar-refractivity contribution in [2.45, 2.75) is 5.66 Å². The van der Waals surface area contributed by atoms with E-state index in [4.69, 9.17) is 4.74 Å². The van der Waals surface area contributed by atoms with Gasteiger partial charge >= 0.3 is 0 Å². The van der Waals surface area contributed by atoms with Gasteiger partial charge in [-0.05, 0) is 30.3 Å². The largest absolute Gasteiger partial charge is 0.492 e. The van der Waals surface area contributed by atoms with Crippen molar-refractivity contribution in [3.05, 3.63) is 90.0 Å². The fourth-order valence-electron chi connectivity index (χ4n) is 4.01. The van der Waals surface area contributed by atoms with Gasteiger partial charge in [-0.15, -0.1) is 0 Å². The Bertz CT molecular complexity index is 1100. The molecule has 6 heteroatoms. The minimum absolute atomic E-state index is 0.206. The number of hydrogen-bond acceptors (Lipinski definition) is 4. The van der Waals surface area contributed by atoms with Crippen molar-refractivity contribution in [1.29, 1.82) is 0 Å². The van der Waals surface area contributed by atoms with Gasteiger partial charge in [0.15, 0.2) is 0 Å². The molecule has 0 fully saturated rings. The summed E-state index contributed by atoms with van der Waals surface area (Å²) in [6.07, 6.45) is 0. The molecular formula is C23H19N3O3. The number of carbonyl (C=O) groups excluding carboxylic acids is 2. The number of hydrogen-bond donors (Lipinski definition) is 2. The molecule has 144 valence electrons. The van der Waals surface area contributed by atoms with Crippen LogP contribution in [0.3, 0.4) is 0 Å². The molecule has 1 atom stereocenters. The predicted molar refractivity (Wildman–Crippen MR) is 110 cm³/mol. The summed E-state index contributed by atoms with van der Waals surface area (Å²) < 4.78 is 5.82. The highest BCUT2D eigenvalue weighted by molar-refractivity contribution is 6.14. The lowest BCUT2D eigenvalue weighted by atomic mass is 9.93. The SMILES string of the molecule is O=C1c2ccccc2N[C@]2(C(=O)Nc3ccccc32)N1CCOc1ccccc1. The Labute approximate surface area is 168 Å². The lowest BCUT2D eigenvalue weighted by Gasteiger charge is -2.44. The molecule has 2 heterocycles. The van der Waals surface area contributed by atoms with Gasteiger partial charge in [0.25, 0.3) is 11.8 Å². The molecule has 3 aromatic rings. The lowest BCUT2D eigenvalue weighted by Crippen LogP contribution is -2.62. The zero-order valence-electron chi connectivity index (χ0n) is 15.6. The van der Waals surface area contributed by atoms with Gasteiger partial charge in [0, 0.05) is 16.9 Å². The van der Waals surface area contributed by atoms with Gasteiger partial charge in [0.05, 0.1) is 12.1 Å². The first-order valence-corrected chi connectivity index (χ1v) is 9.48. The molecule has 2 amide bonds. The maximum Gasteiger partial charge on any atom is 0.276 e. The van der Waals surface area contributed by atoms with Crippen molar-refractivity contribution in [2.24, 2.45) is 0 Å². The van der Waals surface area contributed by atoms with E-state index >= 15 is 0 Å². The summed E-state index contributed by atoms with van der Waals surface area (Å²) in [5.74, 6) is 0.236. The van der Waals surface area contributed by atoms with E-state index < -0.39 is 5.66 Å². The highest BCUT2D eigenvalue weighted by atomic mass is 16.5. The minimum Gasteiger partial charge on any atom is -0.492 e. The number of rotatable bonds is 4. The average molecular weight is 385 g/mol. The second-order valence-electron chi connectivity index (χ2n) is 7.00. The van der Waals surface area contributed by atoms with E-state index in [-0.39, 0.29) is 25.0 Å². The van der Waals surface area contributed by atoms with Crippen molar-refractivity contribution in [2.75, 3.05) is 23.8 Å². The number of nitrogens with zero attached hydrogens (tertiary/aromatic N) is 1. The predicted octanol–water partition coefficient (Wildman–Crippen LogP) is 3.44. The topological polar surface area (TPSA) is 70.7 Å². The molecule has 6 nitrogen and oxygen atoms in total. The molecule has 0 saturated heterocycles. The quantitative estimate of drug-likeness (QED) is 0.722. The van der Waals surface area contributed by atoms with Crippen LogP contribution in [-0.4, -0.2) is 29.9 Å². The van der Waals surface area contributed by atoms with Crippen LogP contribution in [-0.2, 0) is 10.5 Å². The van der Waals surface area contributed by atoms with Crippen LogP contribution < -0.4 is 15.4 Å². The van der Waals surface area contributed by atoms with E-state index in [1.807, 2.05) is 72.8 Å². The minimum atomic E-state index is -1.30. The number of amides is 2. The van der Waals surface area contributed by atoms with E-state index in [9.17, 15) is 9.59 Å². The van der Waals surface area contributed by atoms with Crippen molar-refractivity contribution >= 4 is 23.2 Å². The summed E-state index contributed by atoms with van der Waals surface area (Å²) in [4.78, 5) is 28.2. The van der Waals surface area contributed by atoms with Crippen LogP contribution in [0.2, 0.25) is 0 Å². The molecule has 0 radical (unpaired) electrons. The second kappa shape index (κ2) is 6.67. The van der Waals surface area contributed by atoms with Crippen LogP contribution in [0.1, 0.15) is 15.9 Å². The lowest BCUT2D eigenvalue weighted by molar-refractivity contribution is -0.125. The Kier molecular flexibility index (Phi) is 3.98. The fourth-order valence-corrected chi connectivity index (χ4v) is 4.01. The van der Waals surface area contributed by atoms with Crippen LogP contribution in [0.4, 0.5) is 11.4 Å². The van der Waals surface area contributed by atoms with Gasteiger partial charge in [-0.3, -0.25) is 9.59 Å². The van der Waals surface area contributed by atoms with Crippen molar-refractivity contribution in [1.82, 2.24) is 4.90 Å². The molecule has 1 spiro atoms. The average Bonchev–Trinajstić information content (AvgIpc) is 3.03. The number of benzene rings is 3. The Hall–Kier alpha value is -3.80. The van der Waals surface area contributed by atoms with Gasteiger partial charge < -0.3 is 20.3 Å². The summed E-state index contributed by atoms with van der Waals surface area (Å²) in [7, 11) is 0. The molecule has 0 aromatic heterocycles. The first-order valence-electron chi connectivity index (χ1n) is 9.48. The standard InChI is InChI=1S/C23H19N3O3/c27-21-17-10-4-6-12-19(17)25-23(18-11-5-7-13-20(18)24-22(23)28)26(21)14-15-29-16-8-2-1-3-9-16/h1-13,25H,14-15H2,(H,24,28)/t23-/m0/s1. The van der Waals surface area contributed by atoms with Gasteiger partial charge in [0.1, 0.15) is 12.4 Å². The third kappa shape index (κ3) is 2.64. The van der Waals surface area contributed by atoms with Gasteiger partial charge in [-0.2, -0.15) is 0 Å². The zero-order valence-corrected chi connectivity index (χ0v) is 15.6. The normalized spacial score (nSPS) is 19.4. The molecule has 5 rings (SSSR count). The van der Waals surface area contributed by atoms with Crippen LogP contribution in [0, 0.1) is 0 Å². The van der Waals surface area contributed by atoms with Crippen LogP contribution in [0.5, 0.6) is 5.75 Å². The molecule has 0 saturated carbocycles. The Morgan fingerprint density at radius 1 is 0.828 bits per heavy atom. The van der Waals surface area contributed by atoms with E-state index in [2.05, 4.69) is 10.6 Å². The van der Waals surface area contributed by atoms with E-state index in [1.54, 1.807) is 11.0 Å².